The highest BCUT2D eigenvalue weighted by atomic mass is 35.5. The number of anilines is 2. The van der Waals surface area contributed by atoms with Crippen LogP contribution >= 0.6 is 37.2 Å². The molecule has 0 aliphatic heterocycles. The molecule has 8 heteroatoms. The van der Waals surface area contributed by atoms with Gasteiger partial charge in [0.05, 0.1) is 17.9 Å². The number of hydrogen-bond acceptors (Lipinski definition) is 4. The van der Waals surface area contributed by atoms with Crippen LogP contribution in [0.2, 0.25) is 0 Å². The summed E-state index contributed by atoms with van der Waals surface area (Å²) in [5.41, 5.74) is 12.2. The molecule has 1 heterocycles. The van der Waals surface area contributed by atoms with Crippen LogP contribution in [0.1, 0.15) is 17.0 Å². The van der Waals surface area contributed by atoms with Crippen LogP contribution in [-0.2, 0) is 4.79 Å². The van der Waals surface area contributed by atoms with Crippen LogP contribution in [0.3, 0.4) is 0 Å². The van der Waals surface area contributed by atoms with Crippen LogP contribution in [0.15, 0.2) is 103 Å². The second-order valence-corrected chi connectivity index (χ2v) is 7.56. The summed E-state index contributed by atoms with van der Waals surface area (Å²) in [5, 5.41) is 6.13. The maximum absolute atomic E-state index is 13.1. The molecule has 0 unspecified atom stereocenters. The van der Waals surface area contributed by atoms with E-state index in [0.29, 0.717) is 5.69 Å². The summed E-state index contributed by atoms with van der Waals surface area (Å²) in [4.78, 5) is 17.3. The molecule has 0 bridgehead atoms. The predicted molar refractivity (Wildman–Crippen MR) is 152 cm³/mol. The van der Waals surface area contributed by atoms with Gasteiger partial charge in [-0.1, -0.05) is 72.8 Å². The third kappa shape index (κ3) is 7.20. The van der Waals surface area contributed by atoms with E-state index in [1.807, 2.05) is 98.0 Å². The van der Waals surface area contributed by atoms with Gasteiger partial charge in [-0.2, -0.15) is 0 Å². The Morgan fingerprint density at radius 2 is 1.34 bits per heavy atom. The van der Waals surface area contributed by atoms with E-state index in [1.165, 1.54) is 0 Å². The van der Waals surface area contributed by atoms with Gasteiger partial charge in [0, 0.05) is 30.4 Å². The van der Waals surface area contributed by atoms with E-state index in [2.05, 4.69) is 15.6 Å². The van der Waals surface area contributed by atoms with Crippen LogP contribution in [0, 0.1) is 0 Å². The average molecular weight is 532 g/mol. The van der Waals surface area contributed by atoms with E-state index >= 15 is 0 Å². The van der Waals surface area contributed by atoms with Crippen molar-refractivity contribution in [3.8, 4) is 11.1 Å². The fourth-order valence-corrected chi connectivity index (χ4v) is 3.88. The molecule has 0 spiro atoms. The van der Waals surface area contributed by atoms with E-state index in [9.17, 15) is 4.79 Å². The third-order valence-corrected chi connectivity index (χ3v) is 5.53. The predicted octanol–water partition coefficient (Wildman–Crippen LogP) is 6.15. The number of halogens is 3. The molecule has 0 fully saturated rings. The Morgan fingerprint density at radius 1 is 0.800 bits per heavy atom. The van der Waals surface area contributed by atoms with E-state index in [4.69, 9.17) is 5.73 Å². The highest BCUT2D eigenvalue weighted by Crippen LogP contribution is 2.29. The Hall–Kier alpha value is -3.09. The van der Waals surface area contributed by atoms with Gasteiger partial charge in [-0.25, -0.2) is 0 Å². The zero-order chi connectivity index (χ0) is 22.3. The molecular formula is C27H29Cl3N4O. The molecule has 4 N–H and O–H groups in total. The van der Waals surface area contributed by atoms with E-state index in [0.717, 1.165) is 27.9 Å². The van der Waals surface area contributed by atoms with Crippen LogP contribution in [0.5, 0.6) is 0 Å². The number of carbonyl (C=O) groups is 1. The maximum Gasteiger partial charge on any atom is 0.242 e. The average Bonchev–Trinajstić information content (AvgIpc) is 2.86. The van der Waals surface area contributed by atoms with Gasteiger partial charge in [0.15, 0.2) is 0 Å². The summed E-state index contributed by atoms with van der Waals surface area (Å²) in [6, 6.07) is 28.8. The van der Waals surface area contributed by atoms with Crippen molar-refractivity contribution in [1.29, 1.82) is 0 Å². The second kappa shape index (κ2) is 14.3. The first-order valence-corrected chi connectivity index (χ1v) is 10.6. The lowest BCUT2D eigenvalue weighted by Gasteiger charge is -2.24. The van der Waals surface area contributed by atoms with Gasteiger partial charge < -0.3 is 16.4 Å². The normalized spacial score (nSPS) is 10.7. The summed E-state index contributed by atoms with van der Waals surface area (Å²) in [7, 11) is 1.87. The largest absolute Gasteiger partial charge is 0.386 e. The Balaban J connectivity index is 0.00000204. The van der Waals surface area contributed by atoms with Gasteiger partial charge >= 0.3 is 0 Å². The molecule has 0 saturated carbocycles. The summed E-state index contributed by atoms with van der Waals surface area (Å²) < 4.78 is 0. The van der Waals surface area contributed by atoms with E-state index in [1.54, 1.807) is 12.4 Å². The van der Waals surface area contributed by atoms with Gasteiger partial charge in [-0.3, -0.25) is 9.78 Å². The molecule has 0 aliphatic carbocycles. The SMILES string of the molecule is CNc1cnccc1-c1ccc(NC(=O)[C@@H](N)C(c2ccccc2)c2ccccc2)cc1.Cl.Cl.Cl. The lowest BCUT2D eigenvalue weighted by Crippen LogP contribution is -2.41. The van der Waals surface area contributed by atoms with Crippen molar-refractivity contribution >= 4 is 54.5 Å². The minimum Gasteiger partial charge on any atom is -0.386 e. The minimum atomic E-state index is -0.740. The number of hydrogen-bond donors (Lipinski definition) is 3. The van der Waals surface area contributed by atoms with Crippen molar-refractivity contribution in [2.24, 2.45) is 5.73 Å². The second-order valence-electron chi connectivity index (χ2n) is 7.56. The van der Waals surface area contributed by atoms with E-state index < -0.39 is 6.04 Å². The lowest BCUT2D eigenvalue weighted by atomic mass is 9.85. The summed E-state index contributed by atoms with van der Waals surface area (Å²) in [6.45, 7) is 0. The first kappa shape index (κ1) is 29.9. The van der Waals surface area contributed by atoms with Gasteiger partial charge in [0.2, 0.25) is 5.91 Å². The molecule has 35 heavy (non-hydrogen) atoms. The van der Waals surface area contributed by atoms with Crippen LogP contribution in [0.25, 0.3) is 11.1 Å². The fraction of sp³-hybridized carbons (Fsp3) is 0.111. The molecule has 4 rings (SSSR count). The van der Waals surface area contributed by atoms with Crippen LogP contribution in [0.4, 0.5) is 11.4 Å². The van der Waals surface area contributed by atoms with Crippen molar-refractivity contribution in [1.82, 2.24) is 4.98 Å². The third-order valence-electron chi connectivity index (χ3n) is 5.53. The number of benzene rings is 3. The zero-order valence-corrected chi connectivity index (χ0v) is 21.6. The van der Waals surface area contributed by atoms with Crippen molar-refractivity contribution in [2.75, 3.05) is 17.7 Å². The minimum absolute atomic E-state index is 0. The van der Waals surface area contributed by atoms with E-state index in [-0.39, 0.29) is 49.0 Å². The molecule has 3 aromatic carbocycles. The molecule has 1 atom stereocenters. The van der Waals surface area contributed by atoms with Crippen molar-refractivity contribution in [3.63, 3.8) is 0 Å². The van der Waals surface area contributed by atoms with Crippen LogP contribution in [-0.4, -0.2) is 24.0 Å². The molecule has 184 valence electrons. The maximum atomic E-state index is 13.1. The lowest BCUT2D eigenvalue weighted by molar-refractivity contribution is -0.117. The molecule has 5 nitrogen and oxygen atoms in total. The van der Waals surface area contributed by atoms with Gasteiger partial charge in [0.25, 0.3) is 0 Å². The smallest absolute Gasteiger partial charge is 0.242 e. The Morgan fingerprint density at radius 3 is 1.86 bits per heavy atom. The summed E-state index contributed by atoms with van der Waals surface area (Å²) in [6.07, 6.45) is 3.55. The quantitative estimate of drug-likeness (QED) is 0.267. The van der Waals surface area contributed by atoms with Crippen molar-refractivity contribution in [3.05, 3.63) is 115 Å². The molecule has 1 aromatic heterocycles. The molecule has 0 aliphatic rings. The monoisotopic (exact) mass is 530 g/mol. The number of nitrogens with one attached hydrogen (secondary N) is 2. The van der Waals surface area contributed by atoms with Gasteiger partial charge in [-0.15, -0.1) is 37.2 Å². The van der Waals surface area contributed by atoms with Gasteiger partial charge in [0.1, 0.15) is 0 Å². The summed E-state index contributed by atoms with van der Waals surface area (Å²) >= 11 is 0. The van der Waals surface area contributed by atoms with Gasteiger partial charge in [-0.05, 0) is 34.9 Å². The van der Waals surface area contributed by atoms with Crippen molar-refractivity contribution in [2.45, 2.75) is 12.0 Å². The highest BCUT2D eigenvalue weighted by Gasteiger charge is 2.27. The first-order valence-electron chi connectivity index (χ1n) is 10.6. The molecule has 0 radical (unpaired) electrons. The topological polar surface area (TPSA) is 80.0 Å². The fourth-order valence-electron chi connectivity index (χ4n) is 3.88. The number of aromatic nitrogens is 1. The molecule has 4 aromatic rings. The van der Waals surface area contributed by atoms with Crippen molar-refractivity contribution < 1.29 is 4.79 Å². The number of pyridine rings is 1. The molecule has 1 amide bonds. The summed E-state index contributed by atoms with van der Waals surface area (Å²) in [5.74, 6) is -0.470. The number of rotatable bonds is 7. The Bertz CT molecular complexity index is 1140. The number of carbonyl (C=O) groups excluding carboxylic acids is 1. The Kier molecular flexibility index (Phi) is 12.3. The Labute approximate surface area is 224 Å². The highest BCUT2D eigenvalue weighted by molar-refractivity contribution is 5.96. The first-order chi connectivity index (χ1) is 15.7. The molecular weight excluding hydrogens is 503 g/mol. The number of amides is 1. The number of nitrogens with two attached hydrogens (primary N) is 1. The number of nitrogens with zero attached hydrogens (tertiary/aromatic N) is 1. The zero-order valence-electron chi connectivity index (χ0n) is 19.1. The molecule has 0 saturated heterocycles. The van der Waals surface area contributed by atoms with Crippen LogP contribution < -0.4 is 16.4 Å². The standard InChI is InChI=1S/C27H26N4O.3ClH/c1-29-24-18-30-17-16-23(24)19-12-14-22(15-13-19)31-27(32)26(28)25(20-8-4-2-5-9-20)21-10-6-3-7-11-21;;;/h2-18,25-26,29H,28H2,1H3,(H,31,32);3*1H/t26-;;;/m0.../s1.